The van der Waals surface area contributed by atoms with Gasteiger partial charge in [-0.15, -0.1) is 0 Å². The average molecular weight is 269 g/mol. The molecule has 1 fully saturated rings. The molecule has 0 atom stereocenters. The van der Waals surface area contributed by atoms with Crippen molar-refractivity contribution in [3.8, 4) is 0 Å². The van der Waals surface area contributed by atoms with Crippen molar-refractivity contribution in [2.24, 2.45) is 0 Å². The SMILES string of the molecule is CN(CCN(C)C1CC1)C(=O)c1c(F)ccnc1F. The third-order valence-corrected chi connectivity index (χ3v) is 3.37. The Morgan fingerprint density at radius 2 is 2.05 bits per heavy atom. The van der Waals surface area contributed by atoms with Gasteiger partial charge in [0.05, 0.1) is 0 Å². The van der Waals surface area contributed by atoms with Crippen LogP contribution in [0.3, 0.4) is 0 Å². The molecule has 2 rings (SSSR count). The standard InChI is InChI=1S/C13H17F2N3O/c1-17(9-3-4-9)7-8-18(2)13(19)11-10(14)5-6-16-12(11)15/h5-6,9H,3-4,7-8H2,1-2H3. The highest BCUT2D eigenvalue weighted by molar-refractivity contribution is 5.94. The number of nitrogens with zero attached hydrogens (tertiary/aromatic N) is 3. The number of pyridine rings is 1. The minimum atomic E-state index is -1.06. The number of carbonyl (C=O) groups is 1. The second kappa shape index (κ2) is 5.61. The molecule has 19 heavy (non-hydrogen) atoms. The molecule has 1 aromatic rings. The van der Waals surface area contributed by atoms with Crippen LogP contribution in [0.25, 0.3) is 0 Å². The zero-order valence-electron chi connectivity index (χ0n) is 11.1. The lowest BCUT2D eigenvalue weighted by molar-refractivity contribution is 0.0770. The smallest absolute Gasteiger partial charge is 0.261 e. The average Bonchev–Trinajstić information content (AvgIpc) is 3.19. The van der Waals surface area contributed by atoms with Gasteiger partial charge < -0.3 is 9.80 Å². The first-order valence-corrected chi connectivity index (χ1v) is 6.26. The van der Waals surface area contributed by atoms with E-state index in [1.807, 2.05) is 7.05 Å². The van der Waals surface area contributed by atoms with E-state index in [2.05, 4.69) is 9.88 Å². The Kier molecular flexibility index (Phi) is 4.09. The highest BCUT2D eigenvalue weighted by atomic mass is 19.1. The molecule has 1 aromatic heterocycles. The molecule has 0 spiro atoms. The first-order chi connectivity index (χ1) is 9.00. The quantitative estimate of drug-likeness (QED) is 0.761. The van der Waals surface area contributed by atoms with Crippen LogP contribution in [0, 0.1) is 11.8 Å². The molecule has 1 aliphatic carbocycles. The highest BCUT2D eigenvalue weighted by Gasteiger charge is 2.27. The Morgan fingerprint density at radius 3 is 2.63 bits per heavy atom. The topological polar surface area (TPSA) is 36.4 Å². The zero-order chi connectivity index (χ0) is 14.0. The van der Waals surface area contributed by atoms with Crippen molar-refractivity contribution in [1.29, 1.82) is 0 Å². The number of aromatic nitrogens is 1. The summed E-state index contributed by atoms with van der Waals surface area (Å²) in [7, 11) is 3.52. The van der Waals surface area contributed by atoms with E-state index in [4.69, 9.17) is 0 Å². The molecule has 0 aliphatic heterocycles. The predicted octanol–water partition coefficient (Wildman–Crippen LogP) is 1.53. The Bertz CT molecular complexity index is 457. The van der Waals surface area contributed by atoms with Crippen molar-refractivity contribution < 1.29 is 13.6 Å². The van der Waals surface area contributed by atoms with Crippen LogP contribution in [-0.4, -0.2) is 53.9 Å². The van der Waals surface area contributed by atoms with E-state index in [1.54, 1.807) is 0 Å². The molecule has 0 unspecified atom stereocenters. The first-order valence-electron chi connectivity index (χ1n) is 6.26. The molecular weight excluding hydrogens is 252 g/mol. The van der Waals surface area contributed by atoms with Crippen LogP contribution >= 0.6 is 0 Å². The van der Waals surface area contributed by atoms with Crippen molar-refractivity contribution in [2.75, 3.05) is 27.2 Å². The third kappa shape index (κ3) is 3.26. The summed E-state index contributed by atoms with van der Waals surface area (Å²) in [4.78, 5) is 18.8. The summed E-state index contributed by atoms with van der Waals surface area (Å²) in [5.74, 6) is -2.61. The lowest BCUT2D eigenvalue weighted by atomic mass is 10.2. The van der Waals surface area contributed by atoms with E-state index in [1.165, 1.54) is 24.8 Å². The molecule has 4 nitrogen and oxygen atoms in total. The second-order valence-corrected chi connectivity index (χ2v) is 4.90. The van der Waals surface area contributed by atoms with Crippen LogP contribution < -0.4 is 0 Å². The predicted molar refractivity (Wildman–Crippen MR) is 66.8 cm³/mol. The molecule has 1 heterocycles. The van der Waals surface area contributed by atoms with Crippen molar-refractivity contribution >= 4 is 5.91 Å². The summed E-state index contributed by atoms with van der Waals surface area (Å²) in [6.07, 6.45) is 3.36. The molecule has 0 aromatic carbocycles. The molecular formula is C13H17F2N3O. The molecule has 0 bridgehead atoms. The fraction of sp³-hybridized carbons (Fsp3) is 0.538. The van der Waals surface area contributed by atoms with Gasteiger partial charge in [0.2, 0.25) is 5.95 Å². The van der Waals surface area contributed by atoms with Gasteiger partial charge in [-0.3, -0.25) is 4.79 Å². The van der Waals surface area contributed by atoms with Crippen LogP contribution in [0.4, 0.5) is 8.78 Å². The second-order valence-electron chi connectivity index (χ2n) is 4.90. The van der Waals surface area contributed by atoms with Crippen LogP contribution in [0.15, 0.2) is 12.3 Å². The number of amides is 1. The maximum Gasteiger partial charge on any atom is 0.261 e. The van der Waals surface area contributed by atoms with E-state index in [-0.39, 0.29) is 0 Å². The Hall–Kier alpha value is -1.56. The summed E-state index contributed by atoms with van der Waals surface area (Å²) in [5, 5.41) is 0. The Labute approximate surface area is 111 Å². The van der Waals surface area contributed by atoms with Gasteiger partial charge in [-0.05, 0) is 26.0 Å². The van der Waals surface area contributed by atoms with E-state index >= 15 is 0 Å². The van der Waals surface area contributed by atoms with Crippen LogP contribution in [0.1, 0.15) is 23.2 Å². The van der Waals surface area contributed by atoms with Gasteiger partial charge in [0.1, 0.15) is 11.4 Å². The molecule has 104 valence electrons. The Balaban J connectivity index is 1.98. The van der Waals surface area contributed by atoms with E-state index in [0.717, 1.165) is 12.3 Å². The summed E-state index contributed by atoms with van der Waals surface area (Å²) in [6, 6.07) is 1.58. The normalized spacial score (nSPS) is 14.8. The molecule has 0 radical (unpaired) electrons. The van der Waals surface area contributed by atoms with Gasteiger partial charge in [-0.1, -0.05) is 0 Å². The Morgan fingerprint density at radius 1 is 1.37 bits per heavy atom. The maximum absolute atomic E-state index is 13.5. The third-order valence-electron chi connectivity index (χ3n) is 3.37. The lowest BCUT2D eigenvalue weighted by Gasteiger charge is -2.22. The fourth-order valence-electron chi connectivity index (χ4n) is 1.90. The lowest BCUT2D eigenvalue weighted by Crippen LogP contribution is -2.36. The summed E-state index contributed by atoms with van der Waals surface area (Å²) < 4.78 is 26.8. The summed E-state index contributed by atoms with van der Waals surface area (Å²) >= 11 is 0. The first kappa shape index (κ1) is 13.9. The zero-order valence-corrected chi connectivity index (χ0v) is 11.1. The van der Waals surface area contributed by atoms with Gasteiger partial charge in [-0.25, -0.2) is 9.37 Å². The van der Waals surface area contributed by atoms with Gasteiger partial charge in [-0.2, -0.15) is 4.39 Å². The van der Waals surface area contributed by atoms with Crippen molar-refractivity contribution in [1.82, 2.24) is 14.8 Å². The number of halogens is 2. The number of carbonyl (C=O) groups excluding carboxylic acids is 1. The van der Waals surface area contributed by atoms with Gasteiger partial charge in [0, 0.05) is 32.4 Å². The molecule has 0 saturated heterocycles. The number of rotatable bonds is 5. The van der Waals surface area contributed by atoms with Gasteiger partial charge in [0.15, 0.2) is 0 Å². The van der Waals surface area contributed by atoms with E-state index < -0.39 is 23.2 Å². The molecule has 6 heteroatoms. The van der Waals surface area contributed by atoms with E-state index in [0.29, 0.717) is 19.1 Å². The van der Waals surface area contributed by atoms with E-state index in [9.17, 15) is 13.6 Å². The minimum absolute atomic E-state index is 0.430. The highest BCUT2D eigenvalue weighted by Crippen LogP contribution is 2.24. The van der Waals surface area contributed by atoms with Crippen molar-refractivity contribution in [2.45, 2.75) is 18.9 Å². The maximum atomic E-state index is 13.5. The summed E-state index contributed by atoms with van der Waals surface area (Å²) in [6.45, 7) is 1.12. The fourth-order valence-corrected chi connectivity index (χ4v) is 1.90. The largest absolute Gasteiger partial charge is 0.340 e. The monoisotopic (exact) mass is 269 g/mol. The molecule has 1 aliphatic rings. The number of hydrogen-bond donors (Lipinski definition) is 0. The van der Waals surface area contributed by atoms with Crippen LogP contribution in [-0.2, 0) is 0 Å². The molecule has 1 amide bonds. The molecule has 1 saturated carbocycles. The van der Waals surface area contributed by atoms with Gasteiger partial charge in [0.25, 0.3) is 5.91 Å². The van der Waals surface area contributed by atoms with Crippen molar-refractivity contribution in [3.05, 3.63) is 29.6 Å². The van der Waals surface area contributed by atoms with Crippen LogP contribution in [0.2, 0.25) is 0 Å². The van der Waals surface area contributed by atoms with Crippen molar-refractivity contribution in [3.63, 3.8) is 0 Å². The number of likely N-dealkylation sites (N-methyl/N-ethyl adjacent to an activating group) is 2. The molecule has 0 N–H and O–H groups in total. The van der Waals surface area contributed by atoms with Gasteiger partial charge >= 0.3 is 0 Å². The summed E-state index contributed by atoms with van der Waals surface area (Å²) in [5.41, 5.74) is -0.584. The minimum Gasteiger partial charge on any atom is -0.340 e. The number of hydrogen-bond acceptors (Lipinski definition) is 3. The van der Waals surface area contributed by atoms with Crippen LogP contribution in [0.5, 0.6) is 0 Å².